The van der Waals surface area contributed by atoms with Gasteiger partial charge in [0, 0.05) is 12.2 Å². The van der Waals surface area contributed by atoms with Crippen LogP contribution < -0.4 is 11.1 Å². The van der Waals surface area contributed by atoms with E-state index >= 15 is 0 Å². The summed E-state index contributed by atoms with van der Waals surface area (Å²) in [5.74, 6) is 0.0373. The lowest BCUT2D eigenvalue weighted by molar-refractivity contribution is -0.122. The van der Waals surface area contributed by atoms with E-state index in [9.17, 15) is 4.79 Å². The van der Waals surface area contributed by atoms with Crippen LogP contribution in [-0.4, -0.2) is 33.5 Å². The second-order valence-electron chi connectivity index (χ2n) is 5.56. The van der Waals surface area contributed by atoms with Gasteiger partial charge in [-0.1, -0.05) is 24.5 Å². The minimum atomic E-state index is 0.0373. The van der Waals surface area contributed by atoms with Gasteiger partial charge in [0.2, 0.25) is 5.91 Å². The molecule has 0 bridgehead atoms. The summed E-state index contributed by atoms with van der Waals surface area (Å²) in [7, 11) is 0. The molecular formula is C14H25N5O. The van der Waals surface area contributed by atoms with E-state index in [1.165, 1.54) is 19.3 Å². The van der Waals surface area contributed by atoms with Crippen molar-refractivity contribution >= 4 is 5.91 Å². The predicted molar refractivity (Wildman–Crippen MR) is 77.0 cm³/mol. The van der Waals surface area contributed by atoms with E-state index < -0.39 is 0 Å². The number of hydrogen-bond acceptors (Lipinski definition) is 4. The number of aromatic nitrogens is 3. The first kappa shape index (κ1) is 15.0. The molecule has 1 aliphatic rings. The van der Waals surface area contributed by atoms with Gasteiger partial charge >= 0.3 is 0 Å². The maximum Gasteiger partial charge on any atom is 0.242 e. The standard InChI is InChI=1S/C14H25N5O/c15-9-5-4-8-13-10-19(18-17-13)11-14(20)16-12-6-2-1-3-7-12/h10,12H,1-9,11,15H2,(H,16,20). The third-order valence-corrected chi connectivity index (χ3v) is 3.75. The first-order valence-electron chi connectivity index (χ1n) is 7.66. The zero-order valence-corrected chi connectivity index (χ0v) is 12.1. The lowest BCUT2D eigenvalue weighted by Crippen LogP contribution is -2.38. The van der Waals surface area contributed by atoms with Gasteiger partial charge < -0.3 is 11.1 Å². The second kappa shape index (κ2) is 7.99. The minimum Gasteiger partial charge on any atom is -0.352 e. The van der Waals surface area contributed by atoms with Crippen LogP contribution in [0.25, 0.3) is 0 Å². The molecule has 0 aromatic carbocycles. The molecule has 1 fully saturated rings. The Morgan fingerprint density at radius 3 is 2.90 bits per heavy atom. The molecule has 0 aliphatic heterocycles. The summed E-state index contributed by atoms with van der Waals surface area (Å²) < 4.78 is 1.62. The summed E-state index contributed by atoms with van der Waals surface area (Å²) in [6.45, 7) is 0.971. The van der Waals surface area contributed by atoms with Crippen LogP contribution in [0.2, 0.25) is 0 Å². The molecule has 1 aromatic heterocycles. The Kier molecular flexibility index (Phi) is 5.98. The Bertz CT molecular complexity index is 411. The maximum absolute atomic E-state index is 11.9. The van der Waals surface area contributed by atoms with Gasteiger partial charge in [-0.05, 0) is 38.6 Å². The van der Waals surface area contributed by atoms with E-state index in [-0.39, 0.29) is 12.5 Å². The van der Waals surface area contributed by atoms with Crippen LogP contribution in [0.3, 0.4) is 0 Å². The number of unbranched alkanes of at least 4 members (excludes halogenated alkanes) is 1. The topological polar surface area (TPSA) is 85.8 Å². The van der Waals surface area contributed by atoms with Crippen LogP contribution in [-0.2, 0) is 17.8 Å². The summed E-state index contributed by atoms with van der Waals surface area (Å²) in [4.78, 5) is 11.9. The van der Waals surface area contributed by atoms with Gasteiger partial charge in [-0.2, -0.15) is 0 Å². The molecule has 0 unspecified atom stereocenters. The fourth-order valence-electron chi connectivity index (χ4n) is 2.65. The number of hydrogen-bond donors (Lipinski definition) is 2. The van der Waals surface area contributed by atoms with Gasteiger partial charge in [0.05, 0.1) is 5.69 Å². The van der Waals surface area contributed by atoms with E-state index in [0.717, 1.165) is 37.8 Å². The SMILES string of the molecule is NCCCCc1cn(CC(=O)NC2CCCCC2)nn1. The van der Waals surface area contributed by atoms with Gasteiger partial charge in [-0.3, -0.25) is 4.79 Å². The highest BCUT2D eigenvalue weighted by molar-refractivity contribution is 5.75. The van der Waals surface area contributed by atoms with Gasteiger partial charge in [0.1, 0.15) is 6.54 Å². The molecular weight excluding hydrogens is 254 g/mol. The van der Waals surface area contributed by atoms with Gasteiger partial charge in [-0.25, -0.2) is 4.68 Å². The van der Waals surface area contributed by atoms with Crippen molar-refractivity contribution in [1.29, 1.82) is 0 Å². The first-order valence-corrected chi connectivity index (χ1v) is 7.66. The van der Waals surface area contributed by atoms with Gasteiger partial charge in [0.25, 0.3) is 0 Å². The van der Waals surface area contributed by atoms with E-state index in [0.29, 0.717) is 12.6 Å². The van der Waals surface area contributed by atoms with Crippen molar-refractivity contribution in [3.63, 3.8) is 0 Å². The first-order chi connectivity index (χ1) is 9.78. The van der Waals surface area contributed by atoms with Crippen LogP contribution in [0.1, 0.15) is 50.6 Å². The number of nitrogens with two attached hydrogens (primary N) is 1. The summed E-state index contributed by atoms with van der Waals surface area (Å²) in [5, 5.41) is 11.2. The number of nitrogens with zero attached hydrogens (tertiary/aromatic N) is 3. The third-order valence-electron chi connectivity index (χ3n) is 3.75. The highest BCUT2D eigenvalue weighted by Gasteiger charge is 2.16. The molecule has 0 saturated heterocycles. The Balaban J connectivity index is 1.73. The average Bonchev–Trinajstić information content (AvgIpc) is 2.87. The molecule has 6 heteroatoms. The molecule has 0 spiro atoms. The number of nitrogens with one attached hydrogen (secondary N) is 1. The molecule has 112 valence electrons. The molecule has 1 aliphatic carbocycles. The summed E-state index contributed by atoms with van der Waals surface area (Å²) in [6, 6.07) is 0.351. The van der Waals surface area contributed by atoms with Gasteiger partial charge in [-0.15, -0.1) is 5.10 Å². The van der Waals surface area contributed by atoms with E-state index in [1.54, 1.807) is 4.68 Å². The lowest BCUT2D eigenvalue weighted by Gasteiger charge is -2.22. The Morgan fingerprint density at radius 1 is 1.35 bits per heavy atom. The quantitative estimate of drug-likeness (QED) is 0.729. The van der Waals surface area contributed by atoms with E-state index in [1.807, 2.05) is 6.20 Å². The van der Waals surface area contributed by atoms with Crippen molar-refractivity contribution in [2.24, 2.45) is 5.73 Å². The van der Waals surface area contributed by atoms with Crippen LogP contribution in [0.15, 0.2) is 6.20 Å². The average molecular weight is 279 g/mol. The van der Waals surface area contributed by atoms with Crippen LogP contribution in [0, 0.1) is 0 Å². The molecule has 1 heterocycles. The summed E-state index contributed by atoms with van der Waals surface area (Å²) >= 11 is 0. The van der Waals surface area contributed by atoms with Crippen molar-refractivity contribution in [2.75, 3.05) is 6.54 Å². The normalized spacial score (nSPS) is 16.2. The molecule has 1 saturated carbocycles. The molecule has 1 aromatic rings. The molecule has 0 radical (unpaired) electrons. The van der Waals surface area contributed by atoms with E-state index in [2.05, 4.69) is 15.6 Å². The monoisotopic (exact) mass is 279 g/mol. The van der Waals surface area contributed by atoms with Crippen molar-refractivity contribution in [2.45, 2.75) is 64.0 Å². The fraction of sp³-hybridized carbons (Fsp3) is 0.786. The Hall–Kier alpha value is -1.43. The van der Waals surface area contributed by atoms with Crippen LogP contribution >= 0.6 is 0 Å². The van der Waals surface area contributed by atoms with Gasteiger partial charge in [0.15, 0.2) is 0 Å². The highest BCUT2D eigenvalue weighted by atomic mass is 16.2. The largest absolute Gasteiger partial charge is 0.352 e. The molecule has 20 heavy (non-hydrogen) atoms. The van der Waals surface area contributed by atoms with Crippen LogP contribution in [0.4, 0.5) is 0 Å². The number of rotatable bonds is 7. The van der Waals surface area contributed by atoms with Crippen molar-refractivity contribution in [3.8, 4) is 0 Å². The second-order valence-corrected chi connectivity index (χ2v) is 5.56. The zero-order valence-electron chi connectivity index (χ0n) is 12.1. The fourth-order valence-corrected chi connectivity index (χ4v) is 2.65. The predicted octanol–water partition coefficient (Wildman–Crippen LogP) is 1.01. The van der Waals surface area contributed by atoms with E-state index in [4.69, 9.17) is 5.73 Å². The number of amides is 1. The number of aryl methyl sites for hydroxylation is 1. The molecule has 6 nitrogen and oxygen atoms in total. The Labute approximate surface area is 120 Å². The summed E-state index contributed by atoms with van der Waals surface area (Å²) in [6.07, 6.45) is 10.7. The highest BCUT2D eigenvalue weighted by Crippen LogP contribution is 2.17. The third kappa shape index (κ3) is 4.92. The van der Waals surface area contributed by atoms with Crippen molar-refractivity contribution in [1.82, 2.24) is 20.3 Å². The van der Waals surface area contributed by atoms with Crippen molar-refractivity contribution < 1.29 is 4.79 Å². The smallest absolute Gasteiger partial charge is 0.242 e. The lowest BCUT2D eigenvalue weighted by atomic mass is 9.95. The zero-order chi connectivity index (χ0) is 14.2. The Morgan fingerprint density at radius 2 is 2.15 bits per heavy atom. The molecule has 3 N–H and O–H groups in total. The van der Waals surface area contributed by atoms with Crippen molar-refractivity contribution in [3.05, 3.63) is 11.9 Å². The number of carbonyl (C=O) groups is 1. The molecule has 0 atom stereocenters. The number of carbonyl (C=O) groups excluding carboxylic acids is 1. The maximum atomic E-state index is 11.9. The summed E-state index contributed by atoms with van der Waals surface area (Å²) in [5.41, 5.74) is 6.39. The molecule has 1 amide bonds. The molecule has 2 rings (SSSR count). The van der Waals surface area contributed by atoms with Crippen LogP contribution in [0.5, 0.6) is 0 Å². The minimum absolute atomic E-state index is 0.0373.